The minimum Gasteiger partial charge on any atom is -0.342 e. The van der Waals surface area contributed by atoms with Gasteiger partial charge in [-0.1, -0.05) is 17.7 Å². The summed E-state index contributed by atoms with van der Waals surface area (Å²) in [4.78, 5) is 4.96. The summed E-state index contributed by atoms with van der Waals surface area (Å²) >= 11 is 0. The van der Waals surface area contributed by atoms with Crippen molar-refractivity contribution in [3.05, 3.63) is 52.3 Å². The molecule has 1 aromatic carbocycles. The standard InChI is InChI=1S/C22H34N5P/c1-15-13-16(2)22(17(3)14-15)23-18(4)20-11-12-21(27(20)10)19(5)24-28(25(6)7)26(8)9/h11-14H,1-10H3/b23-18?,24-19+. The molecule has 0 fully saturated rings. The first-order valence-corrected chi connectivity index (χ1v) is 10.7. The van der Waals surface area contributed by atoms with Gasteiger partial charge in [0.05, 0.1) is 28.5 Å². The summed E-state index contributed by atoms with van der Waals surface area (Å²) in [5, 5.41) is 0. The monoisotopic (exact) mass is 399 g/mol. The molecule has 6 heteroatoms. The minimum absolute atomic E-state index is 0.701. The van der Waals surface area contributed by atoms with Gasteiger partial charge in [0.15, 0.2) is 8.37 Å². The molecule has 0 aliphatic carbocycles. The number of aliphatic imine (C=N–C) groups is 1. The van der Waals surface area contributed by atoms with Crippen molar-refractivity contribution in [2.24, 2.45) is 16.8 Å². The highest BCUT2D eigenvalue weighted by Crippen LogP contribution is 2.41. The SMILES string of the molecule is CC(=Nc1c(C)cc(C)cc1C)c1ccc(/C(C)=N/P(N(C)C)N(C)C)n1C. The number of aryl methyl sites for hydroxylation is 3. The molecule has 0 radical (unpaired) electrons. The van der Waals surface area contributed by atoms with E-state index in [-0.39, 0.29) is 0 Å². The van der Waals surface area contributed by atoms with E-state index in [9.17, 15) is 0 Å². The van der Waals surface area contributed by atoms with Crippen molar-refractivity contribution in [3.63, 3.8) is 0 Å². The molecule has 0 saturated carbocycles. The zero-order valence-corrected chi connectivity index (χ0v) is 19.9. The second-order valence-electron chi connectivity index (χ2n) is 7.76. The molecule has 0 spiro atoms. The average Bonchev–Trinajstić information content (AvgIpc) is 2.96. The van der Waals surface area contributed by atoms with Crippen molar-refractivity contribution < 1.29 is 0 Å². The number of hydrogen-bond acceptors (Lipinski definition) is 4. The topological polar surface area (TPSA) is 36.1 Å². The summed E-state index contributed by atoms with van der Waals surface area (Å²) in [5.74, 6) is 0. The average molecular weight is 400 g/mol. The van der Waals surface area contributed by atoms with Crippen LogP contribution in [0, 0.1) is 20.8 Å². The Labute approximate surface area is 171 Å². The van der Waals surface area contributed by atoms with E-state index < -0.39 is 8.37 Å². The smallest absolute Gasteiger partial charge is 0.168 e. The first kappa shape index (κ1) is 22.5. The van der Waals surface area contributed by atoms with Crippen molar-refractivity contribution in [3.8, 4) is 0 Å². The van der Waals surface area contributed by atoms with E-state index in [0.29, 0.717) is 0 Å². The molecule has 2 rings (SSSR count). The Morgan fingerprint density at radius 1 is 0.857 bits per heavy atom. The van der Waals surface area contributed by atoms with Gasteiger partial charge < -0.3 is 4.57 Å². The zero-order chi connectivity index (χ0) is 21.2. The summed E-state index contributed by atoms with van der Waals surface area (Å²) in [7, 11) is 9.67. The lowest BCUT2D eigenvalue weighted by Crippen LogP contribution is -2.17. The van der Waals surface area contributed by atoms with Crippen molar-refractivity contribution in [2.45, 2.75) is 34.6 Å². The molecule has 0 N–H and O–H groups in total. The fraction of sp³-hybridized carbons (Fsp3) is 0.455. The second kappa shape index (κ2) is 9.13. The summed E-state index contributed by atoms with van der Waals surface area (Å²) in [6.07, 6.45) is 0. The molecule has 5 nitrogen and oxygen atoms in total. The predicted molar refractivity (Wildman–Crippen MR) is 124 cm³/mol. The molecule has 0 saturated heterocycles. The number of aromatic nitrogens is 1. The molecule has 0 bridgehead atoms. The second-order valence-corrected chi connectivity index (χ2v) is 10.1. The van der Waals surface area contributed by atoms with E-state index >= 15 is 0 Å². The molecule has 1 heterocycles. The van der Waals surface area contributed by atoms with E-state index in [1.165, 1.54) is 16.7 Å². The van der Waals surface area contributed by atoms with Gasteiger partial charge in [-0.3, -0.25) is 14.3 Å². The minimum atomic E-state index is -0.701. The van der Waals surface area contributed by atoms with Crippen LogP contribution in [0.4, 0.5) is 5.69 Å². The highest BCUT2D eigenvalue weighted by atomic mass is 31.1. The summed E-state index contributed by atoms with van der Waals surface area (Å²) in [6.45, 7) is 10.6. The van der Waals surface area contributed by atoms with Gasteiger partial charge in [-0.15, -0.1) is 0 Å². The van der Waals surface area contributed by atoms with Gasteiger partial charge in [-0.25, -0.2) is 4.76 Å². The van der Waals surface area contributed by atoms with Crippen molar-refractivity contribution >= 4 is 25.5 Å². The fourth-order valence-electron chi connectivity index (χ4n) is 3.53. The zero-order valence-electron chi connectivity index (χ0n) is 19.0. The van der Waals surface area contributed by atoms with Crippen molar-refractivity contribution in [1.82, 2.24) is 13.9 Å². The maximum absolute atomic E-state index is 4.97. The largest absolute Gasteiger partial charge is 0.342 e. The molecule has 1 aromatic heterocycles. The van der Waals surface area contributed by atoms with E-state index in [1.807, 2.05) is 0 Å². The lowest BCUT2D eigenvalue weighted by atomic mass is 10.1. The predicted octanol–water partition coefficient (Wildman–Crippen LogP) is 5.25. The van der Waals surface area contributed by atoms with Crippen molar-refractivity contribution in [2.75, 3.05) is 28.2 Å². The van der Waals surface area contributed by atoms with Crippen LogP contribution in [0.25, 0.3) is 0 Å². The Morgan fingerprint density at radius 3 is 1.79 bits per heavy atom. The number of nitrogens with zero attached hydrogens (tertiary/aromatic N) is 5. The number of rotatable bonds is 6. The van der Waals surface area contributed by atoms with E-state index in [1.54, 1.807) is 0 Å². The normalized spacial score (nSPS) is 13.3. The van der Waals surface area contributed by atoms with Crippen LogP contribution in [-0.2, 0) is 7.05 Å². The van der Waals surface area contributed by atoms with E-state index in [4.69, 9.17) is 9.76 Å². The highest BCUT2D eigenvalue weighted by molar-refractivity contribution is 7.51. The third-order valence-electron chi connectivity index (χ3n) is 4.73. The van der Waals surface area contributed by atoms with Gasteiger partial charge in [0.25, 0.3) is 0 Å². The summed E-state index contributed by atoms with van der Waals surface area (Å²) in [6, 6.07) is 8.66. The Hall–Kier alpha value is -1.81. The maximum Gasteiger partial charge on any atom is 0.168 e. The molecule has 0 unspecified atom stereocenters. The van der Waals surface area contributed by atoms with Crippen LogP contribution < -0.4 is 0 Å². The first-order chi connectivity index (χ1) is 13.0. The van der Waals surface area contributed by atoms with E-state index in [2.05, 4.69) is 108 Å². The molecule has 2 aromatic rings. The van der Waals surface area contributed by atoms with Crippen molar-refractivity contribution in [1.29, 1.82) is 0 Å². The maximum atomic E-state index is 4.97. The van der Waals surface area contributed by atoms with Crippen LogP contribution in [0.15, 0.2) is 34.0 Å². The molecule has 0 atom stereocenters. The van der Waals surface area contributed by atoms with Gasteiger partial charge >= 0.3 is 0 Å². The Bertz CT molecular complexity index is 875. The lowest BCUT2D eigenvalue weighted by Gasteiger charge is -2.26. The molecule has 28 heavy (non-hydrogen) atoms. The quantitative estimate of drug-likeness (QED) is 0.491. The van der Waals surface area contributed by atoms with Gasteiger partial charge in [-0.2, -0.15) is 0 Å². The number of benzene rings is 1. The van der Waals surface area contributed by atoms with Gasteiger partial charge in [0, 0.05) is 7.05 Å². The Balaban J connectivity index is 2.42. The molecule has 0 amide bonds. The van der Waals surface area contributed by atoms with Crippen LogP contribution in [0.2, 0.25) is 0 Å². The summed E-state index contributed by atoms with van der Waals surface area (Å²) < 4.78 is 11.5. The van der Waals surface area contributed by atoms with E-state index in [0.717, 1.165) is 28.5 Å². The van der Waals surface area contributed by atoms with Gasteiger partial charge in [0.2, 0.25) is 0 Å². The molecule has 0 aliphatic heterocycles. The van der Waals surface area contributed by atoms with Gasteiger partial charge in [0.1, 0.15) is 0 Å². The first-order valence-electron chi connectivity index (χ1n) is 9.52. The lowest BCUT2D eigenvalue weighted by molar-refractivity contribution is 0.575. The third-order valence-corrected chi connectivity index (χ3v) is 6.64. The molecular weight excluding hydrogens is 365 g/mol. The van der Waals surface area contributed by atoms with Crippen LogP contribution in [-0.4, -0.2) is 53.5 Å². The third kappa shape index (κ3) is 4.96. The number of hydrogen-bond donors (Lipinski definition) is 0. The molecule has 0 aliphatic rings. The van der Waals surface area contributed by atoms with Crippen LogP contribution >= 0.6 is 8.37 Å². The molecular formula is C22H34N5P. The Morgan fingerprint density at radius 2 is 1.32 bits per heavy atom. The Kier molecular flexibility index (Phi) is 7.33. The van der Waals surface area contributed by atoms with Crippen LogP contribution in [0.5, 0.6) is 0 Å². The van der Waals surface area contributed by atoms with Crippen LogP contribution in [0.1, 0.15) is 41.9 Å². The highest BCUT2D eigenvalue weighted by Gasteiger charge is 2.16. The van der Waals surface area contributed by atoms with Crippen LogP contribution in [0.3, 0.4) is 0 Å². The molecule has 152 valence electrons. The van der Waals surface area contributed by atoms with Gasteiger partial charge in [-0.05, 0) is 86.1 Å². The summed E-state index contributed by atoms with van der Waals surface area (Å²) in [5.41, 5.74) is 9.06. The fourth-order valence-corrected chi connectivity index (χ4v) is 4.98.